The summed E-state index contributed by atoms with van der Waals surface area (Å²) in [5, 5.41) is 0. The van der Waals surface area contributed by atoms with Crippen LogP contribution in [0.3, 0.4) is 0 Å². The molecule has 0 unspecified atom stereocenters. The number of rotatable bonds is 2. The van der Waals surface area contributed by atoms with Crippen molar-refractivity contribution in [3.05, 3.63) is 122 Å². The van der Waals surface area contributed by atoms with Crippen LogP contribution in [0.25, 0.3) is 0 Å². The molecule has 0 saturated carbocycles. The second kappa shape index (κ2) is 12.5. The fraction of sp³-hybridized carbons (Fsp3) is 0.492. The first-order chi connectivity index (χ1) is 29.8. The smallest absolute Gasteiger partial charge is 0.252 e. The minimum Gasteiger partial charge on any atom is -0.311 e. The first-order valence-corrected chi connectivity index (χ1v) is 23.7. The van der Waals surface area contributed by atoms with Crippen molar-refractivity contribution in [3.8, 4) is 0 Å². The van der Waals surface area contributed by atoms with Crippen LogP contribution < -0.4 is 26.2 Å². The number of aryl methyl sites for hydroxylation is 3. The molecule has 3 heteroatoms. The molecule has 0 radical (unpaired) electrons. The van der Waals surface area contributed by atoms with E-state index >= 15 is 0 Å². The average Bonchev–Trinajstić information content (AvgIpc) is 3.47. The SMILES string of the molecule is [2H]C([2H])([2H])c1cc2c3c(c1)N(c1cc4c(cc1C)C(C)(C)CCC4(C)C)c1cc4c(cc1B3c1cc(C(C)(C)C)ccc1N2c1cc2c(cc1C)C(C)(C)CC2(C)C)C(C)(C)CC4(C)C. The summed E-state index contributed by atoms with van der Waals surface area (Å²) in [6.07, 6.45) is 4.40. The highest BCUT2D eigenvalue weighted by Gasteiger charge is 2.50. The van der Waals surface area contributed by atoms with E-state index in [-0.39, 0.29) is 44.6 Å². The van der Waals surface area contributed by atoms with E-state index in [0.29, 0.717) is 5.56 Å². The van der Waals surface area contributed by atoms with Gasteiger partial charge in [0.15, 0.2) is 0 Å². The third-order valence-electron chi connectivity index (χ3n) is 16.7. The molecule has 0 atom stereocenters. The highest BCUT2D eigenvalue weighted by Crippen LogP contribution is 2.56. The van der Waals surface area contributed by atoms with Gasteiger partial charge in [-0.1, -0.05) is 134 Å². The second-order valence-electron chi connectivity index (χ2n) is 25.5. The maximum Gasteiger partial charge on any atom is 0.252 e. The molecule has 0 amide bonds. The molecule has 2 aliphatic heterocycles. The lowest BCUT2D eigenvalue weighted by atomic mass is 9.33. The molecule has 0 fully saturated rings. The number of benzene rings is 5. The summed E-state index contributed by atoms with van der Waals surface area (Å²) >= 11 is 0. The van der Waals surface area contributed by atoms with E-state index in [1.165, 1.54) is 72.1 Å². The zero-order valence-corrected chi connectivity index (χ0v) is 41.2. The highest BCUT2D eigenvalue weighted by molar-refractivity contribution is 7.00. The van der Waals surface area contributed by atoms with Gasteiger partial charge >= 0.3 is 0 Å². The van der Waals surface area contributed by atoms with Crippen molar-refractivity contribution in [2.45, 2.75) is 188 Å². The Bertz CT molecular complexity index is 2900. The van der Waals surface area contributed by atoms with Crippen LogP contribution in [0.1, 0.15) is 189 Å². The molecule has 0 bridgehead atoms. The van der Waals surface area contributed by atoms with E-state index in [0.717, 1.165) is 54.1 Å². The van der Waals surface area contributed by atoms with Gasteiger partial charge in [0.05, 0.1) is 0 Å². The summed E-state index contributed by atoms with van der Waals surface area (Å²) in [5.41, 5.74) is 22.9. The van der Waals surface area contributed by atoms with Crippen molar-refractivity contribution in [3.63, 3.8) is 0 Å². The maximum atomic E-state index is 9.15. The van der Waals surface area contributed by atoms with E-state index in [4.69, 9.17) is 4.11 Å². The minimum absolute atomic E-state index is 0.00902. The number of nitrogens with zero attached hydrogens (tertiary/aromatic N) is 2. The summed E-state index contributed by atoms with van der Waals surface area (Å²) in [5.74, 6) is 0. The Balaban J connectivity index is 1.37. The normalized spacial score (nSPS) is 22.1. The van der Waals surface area contributed by atoms with Gasteiger partial charge in [-0.25, -0.2) is 0 Å². The topological polar surface area (TPSA) is 6.48 Å². The molecule has 5 aliphatic rings. The predicted octanol–water partition coefficient (Wildman–Crippen LogP) is 14.3. The van der Waals surface area contributed by atoms with Gasteiger partial charge in [-0.2, -0.15) is 0 Å². The Labute approximate surface area is 380 Å². The van der Waals surface area contributed by atoms with Gasteiger partial charge in [0.25, 0.3) is 6.71 Å². The van der Waals surface area contributed by atoms with Gasteiger partial charge in [-0.15, -0.1) is 0 Å². The van der Waals surface area contributed by atoms with Crippen LogP contribution in [0.2, 0.25) is 0 Å². The quantitative estimate of drug-likeness (QED) is 0.160. The number of fused-ring (bicyclic) bond motifs is 7. The summed E-state index contributed by atoms with van der Waals surface area (Å²) in [6.45, 7) is 38.0. The molecule has 5 aromatic rings. The lowest BCUT2D eigenvalue weighted by Crippen LogP contribution is -2.62. The van der Waals surface area contributed by atoms with Crippen molar-refractivity contribution >= 4 is 57.2 Å². The van der Waals surface area contributed by atoms with Crippen molar-refractivity contribution in [1.82, 2.24) is 0 Å². The number of hydrogen-bond acceptors (Lipinski definition) is 2. The zero-order valence-electron chi connectivity index (χ0n) is 44.2. The second-order valence-corrected chi connectivity index (χ2v) is 25.5. The van der Waals surface area contributed by atoms with Crippen LogP contribution in [-0.2, 0) is 37.9 Å². The van der Waals surface area contributed by atoms with E-state index in [2.05, 4.69) is 188 Å². The fourth-order valence-electron chi connectivity index (χ4n) is 13.8. The summed E-state index contributed by atoms with van der Waals surface area (Å²) in [4.78, 5) is 4.99. The summed E-state index contributed by atoms with van der Waals surface area (Å²) in [7, 11) is 0. The molecule has 3 aliphatic carbocycles. The van der Waals surface area contributed by atoms with Gasteiger partial charge in [0, 0.05) is 38.2 Å². The number of hydrogen-bond donors (Lipinski definition) is 0. The molecule has 0 saturated heterocycles. The first kappa shape index (κ1) is 38.2. The molecule has 5 aromatic carbocycles. The predicted molar refractivity (Wildman–Crippen MR) is 270 cm³/mol. The molecular weight excluding hydrogens is 747 g/mol. The molecule has 0 aromatic heterocycles. The van der Waals surface area contributed by atoms with Gasteiger partial charge in [0.2, 0.25) is 0 Å². The van der Waals surface area contributed by atoms with E-state index in [1.54, 1.807) is 0 Å². The first-order valence-electron chi connectivity index (χ1n) is 25.2. The van der Waals surface area contributed by atoms with Gasteiger partial charge in [-0.3, -0.25) is 0 Å². The van der Waals surface area contributed by atoms with Crippen molar-refractivity contribution in [2.75, 3.05) is 9.80 Å². The van der Waals surface area contributed by atoms with Crippen LogP contribution in [0.15, 0.2) is 66.7 Å². The van der Waals surface area contributed by atoms with Gasteiger partial charge in [0.1, 0.15) is 0 Å². The van der Waals surface area contributed by atoms with Gasteiger partial charge < -0.3 is 9.80 Å². The van der Waals surface area contributed by atoms with Crippen LogP contribution >= 0.6 is 0 Å². The Morgan fingerprint density at radius 2 is 0.871 bits per heavy atom. The molecule has 322 valence electrons. The fourth-order valence-corrected chi connectivity index (χ4v) is 13.8. The highest BCUT2D eigenvalue weighted by atomic mass is 15.2. The Kier molecular flexibility index (Phi) is 7.72. The van der Waals surface area contributed by atoms with Crippen molar-refractivity contribution in [1.29, 1.82) is 0 Å². The van der Waals surface area contributed by atoms with Crippen LogP contribution in [0, 0.1) is 20.7 Å². The van der Waals surface area contributed by atoms with Gasteiger partial charge in [-0.05, 0) is 193 Å². The molecule has 62 heavy (non-hydrogen) atoms. The Morgan fingerprint density at radius 3 is 1.35 bits per heavy atom. The van der Waals surface area contributed by atoms with Crippen molar-refractivity contribution in [2.24, 2.45) is 0 Å². The zero-order chi connectivity index (χ0) is 47.3. The standard InChI is InChI=1S/C59H73BN2/c1-34-23-50-52-51(24-34)62(48-29-41-38(25-35(48)2)54(7,8)21-22-55(41,9)10)49-31-43-40(57(13,14)33-59(43,17)18)28-45(49)60(52)44-27-37(53(4,5)6)19-20-46(44)61(50)47-30-42-39(26-36(47)3)56(11,12)32-58(42,15)16/h19-20,23-31H,21-22,32-33H2,1-18H3/i1D3. The van der Waals surface area contributed by atoms with E-state index < -0.39 is 6.85 Å². The molecular formula is C59H73BN2. The third-order valence-corrected chi connectivity index (χ3v) is 16.7. The Hall–Kier alpha value is -4.24. The van der Waals surface area contributed by atoms with E-state index in [9.17, 15) is 0 Å². The summed E-state index contributed by atoms with van der Waals surface area (Å²) < 4.78 is 27.5. The molecule has 2 nitrogen and oxygen atoms in total. The summed E-state index contributed by atoms with van der Waals surface area (Å²) in [6, 6.07) is 26.3. The lowest BCUT2D eigenvalue weighted by Gasteiger charge is -2.47. The monoisotopic (exact) mass is 824 g/mol. The van der Waals surface area contributed by atoms with Crippen LogP contribution in [0.5, 0.6) is 0 Å². The molecule has 10 rings (SSSR count). The maximum absolute atomic E-state index is 9.15. The molecule has 0 spiro atoms. The third kappa shape index (κ3) is 5.80. The number of anilines is 6. The largest absolute Gasteiger partial charge is 0.311 e. The molecule has 2 heterocycles. The lowest BCUT2D eigenvalue weighted by molar-refractivity contribution is 0.332. The average molecular weight is 824 g/mol. The van der Waals surface area contributed by atoms with E-state index in [1.807, 2.05) is 6.07 Å². The van der Waals surface area contributed by atoms with Crippen molar-refractivity contribution < 1.29 is 4.11 Å². The molecule has 0 N–H and O–H groups in total. The van der Waals surface area contributed by atoms with Crippen LogP contribution in [0.4, 0.5) is 34.1 Å². The minimum atomic E-state index is -2.34. The van der Waals surface area contributed by atoms with Crippen LogP contribution in [-0.4, -0.2) is 6.71 Å². The Morgan fingerprint density at radius 1 is 0.468 bits per heavy atom.